The number of carbonyl (C=O) groups excluding carboxylic acids is 2. The zero-order chi connectivity index (χ0) is 30.4. The lowest BCUT2D eigenvalue weighted by Gasteiger charge is -2.13. The highest BCUT2D eigenvalue weighted by Crippen LogP contribution is 2.37. The summed E-state index contributed by atoms with van der Waals surface area (Å²) >= 11 is 6.11. The summed E-state index contributed by atoms with van der Waals surface area (Å²) in [5.74, 6) is -2.70. The zero-order valence-electron chi connectivity index (χ0n) is 22.4. The number of nitrogens with zero attached hydrogens (tertiary/aromatic N) is 2. The second kappa shape index (κ2) is 13.2. The van der Waals surface area contributed by atoms with E-state index in [1.807, 2.05) is 0 Å². The third-order valence-electron chi connectivity index (χ3n) is 6.74. The van der Waals surface area contributed by atoms with Crippen LogP contribution in [-0.4, -0.2) is 45.8 Å². The van der Waals surface area contributed by atoms with Gasteiger partial charge in [-0.15, -0.1) is 0 Å². The second-order valence-corrected chi connectivity index (χ2v) is 10.1. The molecule has 0 saturated carbocycles. The fourth-order valence-electron chi connectivity index (χ4n) is 4.58. The molecule has 42 heavy (non-hydrogen) atoms. The average Bonchev–Trinajstić information content (AvgIpc) is 3.34. The van der Waals surface area contributed by atoms with Crippen molar-refractivity contribution in [1.82, 2.24) is 15.1 Å². The van der Waals surface area contributed by atoms with Gasteiger partial charge in [0.15, 0.2) is 0 Å². The predicted octanol–water partition coefficient (Wildman–Crippen LogP) is 6.40. The van der Waals surface area contributed by atoms with Crippen LogP contribution < -0.4 is 11.1 Å². The Labute approximate surface area is 244 Å². The molecule has 0 unspecified atom stereocenters. The first-order valence-corrected chi connectivity index (χ1v) is 13.7. The van der Waals surface area contributed by atoms with Gasteiger partial charge in [0.1, 0.15) is 5.69 Å². The topological polar surface area (TPSA) is 127 Å². The number of amides is 1. The number of hydrogen-bond donors (Lipinski definition) is 3. The summed E-state index contributed by atoms with van der Waals surface area (Å²) < 4.78 is 42.3. The molecule has 0 aliphatic heterocycles. The maximum Gasteiger partial charge on any atom is 0.417 e. The fourth-order valence-corrected chi connectivity index (χ4v) is 4.84. The van der Waals surface area contributed by atoms with Gasteiger partial charge >= 0.3 is 12.1 Å². The van der Waals surface area contributed by atoms with Crippen LogP contribution in [0.3, 0.4) is 0 Å². The van der Waals surface area contributed by atoms with Crippen molar-refractivity contribution in [2.45, 2.75) is 38.3 Å². The highest BCUT2D eigenvalue weighted by atomic mass is 35.5. The van der Waals surface area contributed by atoms with Gasteiger partial charge in [0.2, 0.25) is 0 Å². The van der Waals surface area contributed by atoms with Crippen molar-refractivity contribution < 1.29 is 32.7 Å². The van der Waals surface area contributed by atoms with E-state index in [0.717, 1.165) is 48.9 Å². The molecular formula is C30H28ClF3N4O4. The summed E-state index contributed by atoms with van der Waals surface area (Å²) in [6, 6.07) is 13.1. The Kier molecular flexibility index (Phi) is 9.64. The molecule has 0 aliphatic rings. The lowest BCUT2D eigenvalue weighted by Crippen LogP contribution is -2.24. The molecule has 0 bridgehead atoms. The Hall–Kier alpha value is -4.22. The summed E-state index contributed by atoms with van der Waals surface area (Å²) in [4.78, 5) is 37.9. The minimum absolute atomic E-state index is 0.0165. The SMILES string of the molecule is NCCCCCCCNC(=O)c1ccc2c(-c3ccc(C(=O)O)cc3)nn(C(=O)c3c(Cl)cccc3C(F)(F)F)c2c1. The molecule has 12 heteroatoms. The van der Waals surface area contributed by atoms with Crippen LogP contribution in [0.2, 0.25) is 5.02 Å². The van der Waals surface area contributed by atoms with E-state index in [2.05, 4.69) is 10.4 Å². The molecular weight excluding hydrogens is 573 g/mol. The van der Waals surface area contributed by atoms with Gasteiger partial charge in [0.25, 0.3) is 11.8 Å². The van der Waals surface area contributed by atoms with Crippen molar-refractivity contribution in [3.05, 3.63) is 87.9 Å². The first kappa shape index (κ1) is 30.7. The molecule has 1 amide bonds. The van der Waals surface area contributed by atoms with Gasteiger partial charge < -0.3 is 16.2 Å². The van der Waals surface area contributed by atoms with Gasteiger partial charge in [-0.1, -0.05) is 49.1 Å². The van der Waals surface area contributed by atoms with E-state index in [1.165, 1.54) is 42.5 Å². The number of benzene rings is 3. The van der Waals surface area contributed by atoms with Crippen molar-refractivity contribution in [1.29, 1.82) is 0 Å². The van der Waals surface area contributed by atoms with Gasteiger partial charge in [0.05, 0.1) is 27.2 Å². The molecule has 4 N–H and O–H groups in total. The molecule has 0 aliphatic carbocycles. The summed E-state index contributed by atoms with van der Waals surface area (Å²) in [5.41, 5.74) is 4.40. The van der Waals surface area contributed by atoms with Gasteiger partial charge in [0, 0.05) is 23.1 Å². The minimum atomic E-state index is -4.87. The molecule has 1 heterocycles. The van der Waals surface area contributed by atoms with Gasteiger partial charge in [-0.05, 0) is 61.9 Å². The quantitative estimate of drug-likeness (QED) is 0.171. The van der Waals surface area contributed by atoms with Crippen LogP contribution in [0, 0.1) is 0 Å². The molecule has 220 valence electrons. The van der Waals surface area contributed by atoms with Gasteiger partial charge in [-0.2, -0.15) is 23.0 Å². The number of carboxylic acid groups (broad SMARTS) is 1. The Bertz CT molecular complexity index is 1620. The Morgan fingerprint density at radius 2 is 1.60 bits per heavy atom. The minimum Gasteiger partial charge on any atom is -0.478 e. The van der Waals surface area contributed by atoms with Crippen molar-refractivity contribution in [2.24, 2.45) is 5.73 Å². The second-order valence-electron chi connectivity index (χ2n) is 9.65. The monoisotopic (exact) mass is 600 g/mol. The number of carbonyl (C=O) groups is 3. The Balaban J connectivity index is 1.75. The van der Waals surface area contributed by atoms with E-state index >= 15 is 0 Å². The van der Waals surface area contributed by atoms with E-state index in [1.54, 1.807) is 6.07 Å². The van der Waals surface area contributed by atoms with Crippen LogP contribution in [0.4, 0.5) is 13.2 Å². The Morgan fingerprint density at radius 3 is 2.26 bits per heavy atom. The highest BCUT2D eigenvalue weighted by Gasteiger charge is 2.37. The normalized spacial score (nSPS) is 11.5. The molecule has 0 fully saturated rings. The molecule has 1 aromatic heterocycles. The Morgan fingerprint density at radius 1 is 0.929 bits per heavy atom. The van der Waals surface area contributed by atoms with Crippen molar-refractivity contribution in [3.63, 3.8) is 0 Å². The van der Waals surface area contributed by atoms with Crippen LogP contribution in [0.25, 0.3) is 22.2 Å². The zero-order valence-corrected chi connectivity index (χ0v) is 23.1. The molecule has 0 spiro atoms. The maximum absolute atomic E-state index is 13.8. The van der Waals surface area contributed by atoms with E-state index < -0.39 is 40.1 Å². The number of unbranched alkanes of at least 4 members (excludes halogenated alkanes) is 4. The first-order valence-electron chi connectivity index (χ1n) is 13.3. The molecule has 3 aromatic carbocycles. The lowest BCUT2D eigenvalue weighted by molar-refractivity contribution is -0.137. The molecule has 4 rings (SSSR count). The third-order valence-corrected chi connectivity index (χ3v) is 7.06. The first-order chi connectivity index (χ1) is 20.0. The number of nitrogens with one attached hydrogen (secondary N) is 1. The van der Waals surface area contributed by atoms with Crippen LogP contribution >= 0.6 is 11.6 Å². The number of halogens is 4. The number of rotatable bonds is 11. The largest absolute Gasteiger partial charge is 0.478 e. The number of carboxylic acids is 1. The van der Waals surface area contributed by atoms with Crippen LogP contribution in [0.1, 0.15) is 68.7 Å². The van der Waals surface area contributed by atoms with Crippen molar-refractivity contribution >= 4 is 40.3 Å². The molecule has 0 radical (unpaired) electrons. The van der Waals surface area contributed by atoms with Gasteiger partial charge in [-0.3, -0.25) is 9.59 Å². The summed E-state index contributed by atoms with van der Waals surface area (Å²) in [5, 5.41) is 16.4. The smallest absolute Gasteiger partial charge is 0.417 e. The van der Waals surface area contributed by atoms with E-state index in [9.17, 15) is 32.7 Å². The molecule has 8 nitrogen and oxygen atoms in total. The van der Waals surface area contributed by atoms with Crippen LogP contribution in [0.5, 0.6) is 0 Å². The van der Waals surface area contributed by atoms with Crippen molar-refractivity contribution in [2.75, 3.05) is 13.1 Å². The van der Waals surface area contributed by atoms with Gasteiger partial charge in [-0.25, -0.2) is 4.79 Å². The number of aromatic carboxylic acids is 1. The third kappa shape index (κ3) is 6.80. The average molecular weight is 601 g/mol. The molecule has 0 saturated heterocycles. The summed E-state index contributed by atoms with van der Waals surface area (Å²) in [7, 11) is 0. The number of aromatic nitrogens is 2. The van der Waals surface area contributed by atoms with Crippen LogP contribution in [-0.2, 0) is 6.18 Å². The van der Waals surface area contributed by atoms with E-state index in [4.69, 9.17) is 17.3 Å². The highest BCUT2D eigenvalue weighted by molar-refractivity contribution is 6.34. The maximum atomic E-state index is 13.8. The van der Waals surface area contributed by atoms with E-state index in [0.29, 0.717) is 24.0 Å². The summed E-state index contributed by atoms with van der Waals surface area (Å²) in [6.07, 6.45) is -0.227. The standard InChI is InChI=1S/C30H28ClF3N4O4/c31-23-8-6-7-22(30(32,33)34)25(23)28(40)38-24-17-20(27(39)36-16-5-3-1-2-4-15-35)13-14-21(24)26(37-38)18-9-11-19(12-10-18)29(41)42/h6-14,17H,1-5,15-16,35H2,(H,36,39)(H,41,42). The summed E-state index contributed by atoms with van der Waals surface area (Å²) in [6.45, 7) is 1.06. The lowest BCUT2D eigenvalue weighted by atomic mass is 10.0. The number of nitrogens with two attached hydrogens (primary N) is 1. The predicted molar refractivity (Wildman–Crippen MR) is 153 cm³/mol. The molecule has 0 atom stereocenters. The number of fused-ring (bicyclic) bond motifs is 1. The van der Waals surface area contributed by atoms with Crippen molar-refractivity contribution in [3.8, 4) is 11.3 Å². The molecule has 4 aromatic rings. The fraction of sp³-hybridized carbons (Fsp3) is 0.267. The number of alkyl halides is 3. The van der Waals surface area contributed by atoms with E-state index in [-0.39, 0.29) is 22.3 Å². The van der Waals surface area contributed by atoms with Crippen LogP contribution in [0.15, 0.2) is 60.7 Å². The number of hydrogen-bond acceptors (Lipinski definition) is 5.